The SMILES string of the molecule is CC(N)Cc1ccc(OCc2ncnn2C(C)C)c(F)c1. The molecule has 2 N–H and O–H groups in total. The van der Waals surface area contributed by atoms with Gasteiger partial charge in [0.15, 0.2) is 17.4 Å². The van der Waals surface area contributed by atoms with Crippen molar-refractivity contribution in [1.29, 1.82) is 0 Å². The van der Waals surface area contributed by atoms with Crippen LogP contribution in [0.2, 0.25) is 0 Å². The summed E-state index contributed by atoms with van der Waals surface area (Å²) < 4.78 is 21.2. The number of halogens is 1. The lowest BCUT2D eigenvalue weighted by Crippen LogP contribution is -2.17. The van der Waals surface area contributed by atoms with E-state index in [9.17, 15) is 4.39 Å². The fraction of sp³-hybridized carbons (Fsp3) is 0.467. The van der Waals surface area contributed by atoms with E-state index >= 15 is 0 Å². The predicted octanol–water partition coefficient (Wildman–Crippen LogP) is 2.47. The van der Waals surface area contributed by atoms with Crippen LogP contribution in [0.3, 0.4) is 0 Å². The van der Waals surface area contributed by atoms with Crippen molar-refractivity contribution in [2.45, 2.75) is 45.9 Å². The second-order valence-electron chi connectivity index (χ2n) is 5.45. The van der Waals surface area contributed by atoms with Gasteiger partial charge in [0.05, 0.1) is 0 Å². The number of benzene rings is 1. The highest BCUT2D eigenvalue weighted by molar-refractivity contribution is 5.29. The van der Waals surface area contributed by atoms with Gasteiger partial charge in [-0.1, -0.05) is 6.07 Å². The molecule has 0 fully saturated rings. The maximum atomic E-state index is 14.0. The average Bonchev–Trinajstić information content (AvgIpc) is 2.85. The molecule has 0 radical (unpaired) electrons. The van der Waals surface area contributed by atoms with Crippen molar-refractivity contribution in [3.8, 4) is 5.75 Å². The molecule has 0 aliphatic rings. The number of hydrogen-bond donors (Lipinski definition) is 1. The third-order valence-electron chi connectivity index (χ3n) is 3.05. The van der Waals surface area contributed by atoms with E-state index < -0.39 is 0 Å². The third-order valence-corrected chi connectivity index (χ3v) is 3.05. The number of nitrogens with two attached hydrogens (primary N) is 1. The molecular formula is C15H21FN4O. The number of ether oxygens (including phenoxy) is 1. The molecule has 1 aromatic carbocycles. The van der Waals surface area contributed by atoms with E-state index in [1.165, 1.54) is 12.4 Å². The zero-order valence-corrected chi connectivity index (χ0v) is 12.6. The maximum absolute atomic E-state index is 14.0. The normalized spacial score (nSPS) is 12.7. The first-order chi connectivity index (χ1) is 9.97. The standard InChI is InChI=1S/C15H21FN4O/c1-10(2)20-15(18-9-19-20)8-21-14-5-4-12(6-11(3)17)7-13(14)16/h4-5,7,9-11H,6,8,17H2,1-3H3. The lowest BCUT2D eigenvalue weighted by Gasteiger charge is -2.12. The quantitative estimate of drug-likeness (QED) is 0.888. The van der Waals surface area contributed by atoms with Crippen LogP contribution in [0.1, 0.15) is 38.2 Å². The highest BCUT2D eigenvalue weighted by atomic mass is 19.1. The molecule has 0 saturated heterocycles. The molecule has 6 heteroatoms. The number of rotatable bonds is 6. The van der Waals surface area contributed by atoms with Crippen LogP contribution in [0.15, 0.2) is 24.5 Å². The van der Waals surface area contributed by atoms with Gasteiger partial charge in [-0.25, -0.2) is 14.1 Å². The van der Waals surface area contributed by atoms with Crippen molar-refractivity contribution in [3.05, 3.63) is 41.7 Å². The molecule has 0 aliphatic heterocycles. The summed E-state index contributed by atoms with van der Waals surface area (Å²) in [6, 6.07) is 5.11. The summed E-state index contributed by atoms with van der Waals surface area (Å²) in [6.45, 7) is 6.08. The molecule has 1 unspecified atom stereocenters. The molecule has 0 amide bonds. The Bertz CT molecular complexity index is 595. The summed E-state index contributed by atoms with van der Waals surface area (Å²) in [5.41, 5.74) is 6.57. The zero-order chi connectivity index (χ0) is 15.4. The molecule has 1 atom stereocenters. The predicted molar refractivity (Wildman–Crippen MR) is 78.5 cm³/mol. The Hall–Kier alpha value is -1.95. The van der Waals surface area contributed by atoms with Gasteiger partial charge in [0.25, 0.3) is 0 Å². The van der Waals surface area contributed by atoms with Crippen LogP contribution in [-0.4, -0.2) is 20.8 Å². The van der Waals surface area contributed by atoms with Gasteiger partial charge in [-0.05, 0) is 44.9 Å². The molecule has 0 spiro atoms. The van der Waals surface area contributed by atoms with Crippen molar-refractivity contribution in [1.82, 2.24) is 14.8 Å². The Morgan fingerprint density at radius 3 is 2.71 bits per heavy atom. The van der Waals surface area contributed by atoms with E-state index in [2.05, 4.69) is 10.1 Å². The summed E-state index contributed by atoms with van der Waals surface area (Å²) >= 11 is 0. The van der Waals surface area contributed by atoms with Crippen LogP contribution in [0, 0.1) is 5.82 Å². The van der Waals surface area contributed by atoms with E-state index in [-0.39, 0.29) is 30.3 Å². The first-order valence-electron chi connectivity index (χ1n) is 7.02. The Morgan fingerprint density at radius 1 is 1.33 bits per heavy atom. The lowest BCUT2D eigenvalue weighted by molar-refractivity contribution is 0.269. The van der Waals surface area contributed by atoms with E-state index in [1.54, 1.807) is 10.7 Å². The maximum Gasteiger partial charge on any atom is 0.165 e. The number of aromatic nitrogens is 3. The van der Waals surface area contributed by atoms with Crippen LogP contribution in [0.4, 0.5) is 4.39 Å². The van der Waals surface area contributed by atoms with Crippen LogP contribution in [0.5, 0.6) is 5.75 Å². The molecule has 0 saturated carbocycles. The summed E-state index contributed by atoms with van der Waals surface area (Å²) in [4.78, 5) is 4.13. The first kappa shape index (κ1) is 15.4. The van der Waals surface area contributed by atoms with Crippen LogP contribution in [-0.2, 0) is 13.0 Å². The molecule has 114 valence electrons. The Kier molecular flexibility index (Phi) is 4.90. The first-order valence-corrected chi connectivity index (χ1v) is 7.02. The van der Waals surface area contributed by atoms with Gasteiger partial charge in [-0.3, -0.25) is 0 Å². The van der Waals surface area contributed by atoms with Gasteiger partial charge in [0.2, 0.25) is 0 Å². The van der Waals surface area contributed by atoms with Crippen molar-refractivity contribution >= 4 is 0 Å². The van der Waals surface area contributed by atoms with Crippen molar-refractivity contribution in [2.75, 3.05) is 0 Å². The molecule has 0 bridgehead atoms. The smallest absolute Gasteiger partial charge is 0.165 e. The summed E-state index contributed by atoms with van der Waals surface area (Å²) in [5.74, 6) is 0.495. The number of hydrogen-bond acceptors (Lipinski definition) is 4. The van der Waals surface area contributed by atoms with E-state index in [1.807, 2.05) is 26.8 Å². The minimum absolute atomic E-state index is 0.000705. The van der Waals surface area contributed by atoms with Crippen LogP contribution < -0.4 is 10.5 Å². The van der Waals surface area contributed by atoms with Gasteiger partial charge >= 0.3 is 0 Å². The van der Waals surface area contributed by atoms with Gasteiger partial charge in [0.1, 0.15) is 12.9 Å². The minimum atomic E-state index is -0.385. The molecule has 5 nitrogen and oxygen atoms in total. The Balaban J connectivity index is 2.05. The molecule has 0 aliphatic carbocycles. The molecule has 2 rings (SSSR count). The zero-order valence-electron chi connectivity index (χ0n) is 12.6. The molecule has 21 heavy (non-hydrogen) atoms. The van der Waals surface area contributed by atoms with Gasteiger partial charge < -0.3 is 10.5 Å². The Labute approximate surface area is 123 Å². The fourth-order valence-corrected chi connectivity index (χ4v) is 2.11. The third kappa shape index (κ3) is 4.01. The van der Waals surface area contributed by atoms with Crippen LogP contribution in [0.25, 0.3) is 0 Å². The highest BCUT2D eigenvalue weighted by Gasteiger charge is 2.11. The second kappa shape index (κ2) is 6.67. The number of nitrogens with zero attached hydrogens (tertiary/aromatic N) is 3. The summed E-state index contributed by atoms with van der Waals surface area (Å²) in [6.07, 6.45) is 2.11. The summed E-state index contributed by atoms with van der Waals surface area (Å²) in [7, 11) is 0. The van der Waals surface area contributed by atoms with Crippen molar-refractivity contribution < 1.29 is 9.13 Å². The highest BCUT2D eigenvalue weighted by Crippen LogP contribution is 2.20. The van der Waals surface area contributed by atoms with Gasteiger partial charge in [0, 0.05) is 12.1 Å². The van der Waals surface area contributed by atoms with Crippen molar-refractivity contribution in [3.63, 3.8) is 0 Å². The average molecular weight is 292 g/mol. The molecule has 1 aromatic heterocycles. The van der Waals surface area contributed by atoms with E-state index in [0.29, 0.717) is 12.2 Å². The topological polar surface area (TPSA) is 66.0 Å². The summed E-state index contributed by atoms with van der Waals surface area (Å²) in [5, 5.41) is 4.12. The van der Waals surface area contributed by atoms with Gasteiger partial charge in [-0.2, -0.15) is 5.10 Å². The monoisotopic (exact) mass is 292 g/mol. The Morgan fingerprint density at radius 2 is 2.10 bits per heavy atom. The molecule has 1 heterocycles. The van der Waals surface area contributed by atoms with Crippen molar-refractivity contribution in [2.24, 2.45) is 5.73 Å². The molecular weight excluding hydrogens is 271 g/mol. The van der Waals surface area contributed by atoms with E-state index in [4.69, 9.17) is 10.5 Å². The fourth-order valence-electron chi connectivity index (χ4n) is 2.11. The lowest BCUT2D eigenvalue weighted by atomic mass is 10.1. The minimum Gasteiger partial charge on any atom is -0.483 e. The van der Waals surface area contributed by atoms with E-state index in [0.717, 1.165) is 5.56 Å². The second-order valence-corrected chi connectivity index (χ2v) is 5.45. The largest absolute Gasteiger partial charge is 0.483 e. The van der Waals surface area contributed by atoms with Gasteiger partial charge in [-0.15, -0.1) is 0 Å². The van der Waals surface area contributed by atoms with Crippen LogP contribution >= 0.6 is 0 Å². The molecule has 2 aromatic rings.